The number of aromatic nitrogens is 1. The SMILES string of the molecule is C[C@@H](OC(=O)CCn1c(=O)oc2ccccc21)C(=O)N[C@@H]1CCCC[C@@H]1C. The fourth-order valence-corrected chi connectivity index (χ4v) is 3.57. The number of oxazole rings is 1. The van der Waals surface area contributed by atoms with Crippen LogP contribution in [0, 0.1) is 5.92 Å². The molecule has 1 heterocycles. The molecule has 0 bridgehead atoms. The number of benzene rings is 1. The van der Waals surface area contributed by atoms with Crippen molar-refractivity contribution in [1.29, 1.82) is 0 Å². The average Bonchev–Trinajstić information content (AvgIpc) is 2.97. The van der Waals surface area contributed by atoms with Gasteiger partial charge in [0.05, 0.1) is 11.9 Å². The van der Waals surface area contributed by atoms with Gasteiger partial charge in [-0.2, -0.15) is 0 Å². The third-order valence-electron chi connectivity index (χ3n) is 5.23. The third kappa shape index (κ3) is 4.59. The van der Waals surface area contributed by atoms with E-state index in [9.17, 15) is 14.4 Å². The number of nitrogens with zero attached hydrogens (tertiary/aromatic N) is 1. The largest absolute Gasteiger partial charge is 0.452 e. The van der Waals surface area contributed by atoms with Crippen LogP contribution in [0.15, 0.2) is 33.5 Å². The smallest absolute Gasteiger partial charge is 0.419 e. The average molecular weight is 374 g/mol. The Morgan fingerprint density at radius 3 is 2.81 bits per heavy atom. The van der Waals surface area contributed by atoms with Crippen molar-refractivity contribution in [2.45, 2.75) is 64.6 Å². The molecule has 1 N–H and O–H groups in total. The van der Waals surface area contributed by atoms with Crippen LogP contribution in [0.1, 0.15) is 46.0 Å². The molecule has 7 heteroatoms. The van der Waals surface area contributed by atoms with Crippen LogP contribution in [0.4, 0.5) is 0 Å². The van der Waals surface area contributed by atoms with Crippen molar-refractivity contribution < 1.29 is 18.7 Å². The van der Waals surface area contributed by atoms with Gasteiger partial charge in [-0.25, -0.2) is 4.79 Å². The van der Waals surface area contributed by atoms with Gasteiger partial charge in [0.15, 0.2) is 11.7 Å². The standard InChI is InChI=1S/C20H26N2O5/c1-13-7-3-4-8-15(13)21-19(24)14(2)26-18(23)11-12-22-16-9-5-6-10-17(16)27-20(22)25/h5-6,9-10,13-15H,3-4,7-8,11-12H2,1-2H3,(H,21,24)/t13-,14+,15+/m0/s1. The molecule has 146 valence electrons. The Hall–Kier alpha value is -2.57. The predicted octanol–water partition coefficient (Wildman–Crippen LogP) is 2.61. The lowest BCUT2D eigenvalue weighted by Crippen LogP contribution is -2.46. The van der Waals surface area contributed by atoms with E-state index in [4.69, 9.17) is 9.15 Å². The fourth-order valence-electron chi connectivity index (χ4n) is 3.57. The quantitative estimate of drug-likeness (QED) is 0.785. The van der Waals surface area contributed by atoms with Gasteiger partial charge in [0.1, 0.15) is 0 Å². The van der Waals surface area contributed by atoms with Crippen LogP contribution in [-0.4, -0.2) is 28.6 Å². The number of hydrogen-bond donors (Lipinski definition) is 1. The lowest BCUT2D eigenvalue weighted by Gasteiger charge is -2.30. The summed E-state index contributed by atoms with van der Waals surface area (Å²) in [6.07, 6.45) is 3.50. The first kappa shape index (κ1) is 19.2. The van der Waals surface area contributed by atoms with Gasteiger partial charge in [0.2, 0.25) is 0 Å². The number of nitrogens with one attached hydrogen (secondary N) is 1. The molecule has 1 aromatic carbocycles. The van der Waals surface area contributed by atoms with E-state index >= 15 is 0 Å². The molecule has 0 unspecified atom stereocenters. The monoisotopic (exact) mass is 374 g/mol. The van der Waals surface area contributed by atoms with Crippen molar-refractivity contribution in [3.63, 3.8) is 0 Å². The number of esters is 1. The zero-order valence-electron chi connectivity index (χ0n) is 15.8. The molecule has 0 spiro atoms. The van der Waals surface area contributed by atoms with Crippen LogP contribution in [0.25, 0.3) is 11.1 Å². The van der Waals surface area contributed by atoms with E-state index in [0.29, 0.717) is 17.0 Å². The molecular formula is C20H26N2O5. The van der Waals surface area contributed by atoms with Crippen molar-refractivity contribution in [2.75, 3.05) is 0 Å². The topological polar surface area (TPSA) is 90.5 Å². The van der Waals surface area contributed by atoms with Crippen molar-refractivity contribution >= 4 is 23.0 Å². The van der Waals surface area contributed by atoms with Gasteiger partial charge in [-0.1, -0.05) is 31.9 Å². The Morgan fingerprint density at radius 2 is 2.04 bits per heavy atom. The highest BCUT2D eigenvalue weighted by molar-refractivity contribution is 5.83. The second-order valence-corrected chi connectivity index (χ2v) is 7.25. The number of para-hydroxylation sites is 2. The molecule has 0 aliphatic heterocycles. The van der Waals surface area contributed by atoms with Crippen LogP contribution >= 0.6 is 0 Å². The van der Waals surface area contributed by atoms with Crippen molar-refractivity contribution in [2.24, 2.45) is 5.92 Å². The maximum absolute atomic E-state index is 12.3. The second-order valence-electron chi connectivity index (χ2n) is 7.25. The van der Waals surface area contributed by atoms with Gasteiger partial charge < -0.3 is 14.5 Å². The van der Waals surface area contributed by atoms with E-state index in [2.05, 4.69) is 12.2 Å². The number of amides is 1. The minimum absolute atomic E-state index is 0.0130. The lowest BCUT2D eigenvalue weighted by molar-refractivity contribution is -0.155. The summed E-state index contributed by atoms with van der Waals surface area (Å²) in [6.45, 7) is 3.84. The highest BCUT2D eigenvalue weighted by atomic mass is 16.5. The molecule has 1 fully saturated rings. The summed E-state index contributed by atoms with van der Waals surface area (Å²) in [5.74, 6) is -0.868. The van der Waals surface area contributed by atoms with Gasteiger partial charge in [0, 0.05) is 12.6 Å². The minimum atomic E-state index is -0.857. The third-order valence-corrected chi connectivity index (χ3v) is 5.23. The zero-order valence-corrected chi connectivity index (χ0v) is 15.8. The summed E-state index contributed by atoms with van der Waals surface area (Å²) >= 11 is 0. The summed E-state index contributed by atoms with van der Waals surface area (Å²) in [5.41, 5.74) is 1.11. The first-order valence-electron chi connectivity index (χ1n) is 9.54. The normalized spacial score (nSPS) is 21.0. The first-order chi connectivity index (χ1) is 13.0. The fraction of sp³-hybridized carbons (Fsp3) is 0.550. The molecular weight excluding hydrogens is 348 g/mol. The van der Waals surface area contributed by atoms with E-state index in [1.54, 1.807) is 31.2 Å². The highest BCUT2D eigenvalue weighted by Crippen LogP contribution is 2.23. The number of carbonyl (C=O) groups is 2. The van der Waals surface area contributed by atoms with Crippen LogP contribution in [0.3, 0.4) is 0 Å². The summed E-state index contributed by atoms with van der Waals surface area (Å²) in [6, 6.07) is 7.17. The minimum Gasteiger partial charge on any atom is -0.452 e. The summed E-state index contributed by atoms with van der Waals surface area (Å²) in [7, 11) is 0. The van der Waals surface area contributed by atoms with E-state index in [1.165, 1.54) is 11.0 Å². The molecule has 7 nitrogen and oxygen atoms in total. The highest BCUT2D eigenvalue weighted by Gasteiger charge is 2.26. The molecule has 1 saturated carbocycles. The predicted molar refractivity (Wildman–Crippen MR) is 100 cm³/mol. The van der Waals surface area contributed by atoms with Gasteiger partial charge in [-0.05, 0) is 37.8 Å². The number of aryl methyl sites for hydroxylation is 1. The van der Waals surface area contributed by atoms with Crippen LogP contribution in [0.5, 0.6) is 0 Å². The van der Waals surface area contributed by atoms with Gasteiger partial charge >= 0.3 is 11.7 Å². The van der Waals surface area contributed by atoms with Gasteiger partial charge in [-0.3, -0.25) is 14.2 Å². The molecule has 1 aliphatic carbocycles. The molecule has 0 saturated heterocycles. The van der Waals surface area contributed by atoms with E-state index < -0.39 is 17.8 Å². The second kappa shape index (κ2) is 8.41. The Labute approximate surface area is 157 Å². The van der Waals surface area contributed by atoms with Crippen molar-refractivity contribution in [3.8, 4) is 0 Å². The zero-order chi connectivity index (χ0) is 19.4. The van der Waals surface area contributed by atoms with Crippen LogP contribution < -0.4 is 11.1 Å². The molecule has 27 heavy (non-hydrogen) atoms. The van der Waals surface area contributed by atoms with Crippen LogP contribution in [-0.2, 0) is 20.9 Å². The number of ether oxygens (including phenoxy) is 1. The van der Waals surface area contributed by atoms with Gasteiger partial charge in [0.25, 0.3) is 5.91 Å². The molecule has 3 atom stereocenters. The lowest BCUT2D eigenvalue weighted by atomic mass is 9.86. The molecule has 1 amide bonds. The van der Waals surface area contributed by atoms with Crippen LogP contribution in [0.2, 0.25) is 0 Å². The number of rotatable bonds is 6. The Morgan fingerprint density at radius 1 is 1.30 bits per heavy atom. The Kier molecular flexibility index (Phi) is 5.98. The maximum Gasteiger partial charge on any atom is 0.419 e. The number of fused-ring (bicyclic) bond motifs is 1. The summed E-state index contributed by atoms with van der Waals surface area (Å²) < 4.78 is 11.8. The molecule has 0 radical (unpaired) electrons. The first-order valence-corrected chi connectivity index (χ1v) is 9.54. The Balaban J connectivity index is 1.51. The number of carbonyl (C=O) groups excluding carboxylic acids is 2. The number of hydrogen-bond acceptors (Lipinski definition) is 5. The molecule has 2 aromatic rings. The Bertz CT molecular complexity index is 869. The van der Waals surface area contributed by atoms with Crippen molar-refractivity contribution in [1.82, 2.24) is 9.88 Å². The molecule has 3 rings (SSSR count). The van der Waals surface area contributed by atoms with E-state index in [-0.39, 0.29) is 24.9 Å². The van der Waals surface area contributed by atoms with Gasteiger partial charge in [-0.15, -0.1) is 0 Å². The van der Waals surface area contributed by atoms with E-state index in [0.717, 1.165) is 19.3 Å². The summed E-state index contributed by atoms with van der Waals surface area (Å²) in [4.78, 5) is 36.3. The van der Waals surface area contributed by atoms with E-state index in [1.807, 2.05) is 0 Å². The molecule has 1 aliphatic rings. The van der Waals surface area contributed by atoms with Crippen molar-refractivity contribution in [3.05, 3.63) is 34.8 Å². The summed E-state index contributed by atoms with van der Waals surface area (Å²) in [5, 5.41) is 2.99. The molecule has 1 aromatic heterocycles. The maximum atomic E-state index is 12.3.